The maximum atomic E-state index is 12.6. The topological polar surface area (TPSA) is 105 Å². The number of halogens is 2. The van der Waals surface area contributed by atoms with E-state index in [1.54, 1.807) is 0 Å². The van der Waals surface area contributed by atoms with Gasteiger partial charge in [0, 0.05) is 24.3 Å². The quantitative estimate of drug-likeness (QED) is 0.540. The van der Waals surface area contributed by atoms with Crippen LogP contribution in [0.5, 0.6) is 0 Å². The molecule has 0 saturated heterocycles. The van der Waals surface area contributed by atoms with Crippen molar-refractivity contribution in [3.8, 4) is 11.1 Å². The van der Waals surface area contributed by atoms with Gasteiger partial charge < -0.3 is 20.5 Å². The lowest BCUT2D eigenvalue weighted by atomic mass is 9.98. The number of carbonyl (C=O) groups excluding carboxylic acids is 2. The van der Waals surface area contributed by atoms with Crippen LogP contribution in [0.15, 0.2) is 48.5 Å². The Balaban J connectivity index is 1.29. The SMILES string of the molecule is O=C(NC1CCC(C(=O)NC(CC(F)F)C(=O)O)C1)OCC1c2ccccc2-c2ccccc21. The van der Waals surface area contributed by atoms with Gasteiger partial charge in [0.2, 0.25) is 12.3 Å². The fraction of sp³-hybridized carbons (Fsp3) is 0.400. The van der Waals surface area contributed by atoms with E-state index in [0.717, 1.165) is 22.3 Å². The van der Waals surface area contributed by atoms with Gasteiger partial charge in [0.15, 0.2) is 0 Å². The van der Waals surface area contributed by atoms with Gasteiger partial charge in [-0.15, -0.1) is 0 Å². The van der Waals surface area contributed by atoms with Crippen LogP contribution >= 0.6 is 0 Å². The average molecular weight is 472 g/mol. The Bertz CT molecular complexity index is 1030. The standard InChI is InChI=1S/C25H26F2N2O5/c26-22(27)12-21(24(31)32)29-23(30)14-9-10-15(11-14)28-25(33)34-13-20-18-7-3-1-5-16(18)17-6-2-4-8-19(17)20/h1-8,14-15,20-22H,9-13H2,(H,28,33)(H,29,30)(H,31,32). The number of hydrogen-bond acceptors (Lipinski definition) is 4. The minimum absolute atomic E-state index is 0.0666. The van der Waals surface area contributed by atoms with Gasteiger partial charge >= 0.3 is 12.1 Å². The van der Waals surface area contributed by atoms with Crippen molar-refractivity contribution in [1.82, 2.24) is 10.6 Å². The second kappa shape index (κ2) is 10.2. The largest absolute Gasteiger partial charge is 0.480 e. The van der Waals surface area contributed by atoms with Crippen LogP contribution in [0.1, 0.15) is 42.7 Å². The van der Waals surface area contributed by atoms with E-state index in [4.69, 9.17) is 9.84 Å². The van der Waals surface area contributed by atoms with Crippen molar-refractivity contribution in [2.24, 2.45) is 5.92 Å². The summed E-state index contributed by atoms with van der Waals surface area (Å²) >= 11 is 0. The van der Waals surface area contributed by atoms with Crippen LogP contribution in [0.3, 0.4) is 0 Å². The molecule has 1 fully saturated rings. The molecule has 2 aliphatic rings. The number of alkyl carbamates (subject to hydrolysis) is 1. The molecule has 34 heavy (non-hydrogen) atoms. The van der Waals surface area contributed by atoms with E-state index >= 15 is 0 Å². The molecule has 0 radical (unpaired) electrons. The highest BCUT2D eigenvalue weighted by Gasteiger charge is 2.34. The summed E-state index contributed by atoms with van der Waals surface area (Å²) in [6.45, 7) is 0.171. The van der Waals surface area contributed by atoms with Crippen LogP contribution in [0, 0.1) is 5.92 Å². The summed E-state index contributed by atoms with van der Waals surface area (Å²) in [6, 6.07) is 14.1. The molecule has 1 saturated carbocycles. The molecule has 7 nitrogen and oxygen atoms in total. The first-order valence-corrected chi connectivity index (χ1v) is 11.3. The van der Waals surface area contributed by atoms with Crippen molar-refractivity contribution in [1.29, 1.82) is 0 Å². The Kier molecular flexibility index (Phi) is 7.09. The molecule has 9 heteroatoms. The van der Waals surface area contributed by atoms with Crippen LogP contribution in [-0.2, 0) is 14.3 Å². The number of benzene rings is 2. The van der Waals surface area contributed by atoms with Crippen LogP contribution in [0.25, 0.3) is 11.1 Å². The van der Waals surface area contributed by atoms with Crippen molar-refractivity contribution >= 4 is 18.0 Å². The molecule has 4 rings (SSSR count). The predicted molar refractivity (Wildman–Crippen MR) is 120 cm³/mol. The molecule has 3 N–H and O–H groups in total. The molecule has 3 unspecified atom stereocenters. The summed E-state index contributed by atoms with van der Waals surface area (Å²) < 4.78 is 30.6. The fourth-order valence-corrected chi connectivity index (χ4v) is 4.85. The Labute approximate surface area is 195 Å². The fourth-order valence-electron chi connectivity index (χ4n) is 4.85. The number of ether oxygens (including phenoxy) is 1. The van der Waals surface area contributed by atoms with Crippen molar-refractivity contribution in [3.63, 3.8) is 0 Å². The van der Waals surface area contributed by atoms with Gasteiger partial charge in [-0.3, -0.25) is 4.79 Å². The zero-order valence-corrected chi connectivity index (χ0v) is 18.4. The monoisotopic (exact) mass is 472 g/mol. The average Bonchev–Trinajstić information content (AvgIpc) is 3.39. The molecular weight excluding hydrogens is 446 g/mol. The van der Waals surface area contributed by atoms with E-state index in [-0.39, 0.29) is 25.0 Å². The Morgan fingerprint density at radius 2 is 1.62 bits per heavy atom. The summed E-state index contributed by atoms with van der Waals surface area (Å²) in [5.74, 6) is -2.72. The lowest BCUT2D eigenvalue weighted by Gasteiger charge is -2.18. The summed E-state index contributed by atoms with van der Waals surface area (Å²) in [5.41, 5.74) is 4.46. The third kappa shape index (κ3) is 5.18. The van der Waals surface area contributed by atoms with E-state index in [2.05, 4.69) is 10.6 Å². The molecule has 3 atom stereocenters. The second-order valence-electron chi connectivity index (χ2n) is 8.70. The highest BCUT2D eigenvalue weighted by atomic mass is 19.3. The van der Waals surface area contributed by atoms with Gasteiger partial charge in [-0.1, -0.05) is 48.5 Å². The van der Waals surface area contributed by atoms with Crippen LogP contribution in [0.4, 0.5) is 13.6 Å². The number of alkyl halides is 2. The van der Waals surface area contributed by atoms with Crippen LogP contribution < -0.4 is 10.6 Å². The zero-order chi connectivity index (χ0) is 24.2. The number of nitrogens with one attached hydrogen (secondary N) is 2. The number of carboxylic acids is 1. The van der Waals surface area contributed by atoms with Gasteiger partial charge in [0.05, 0.1) is 0 Å². The maximum Gasteiger partial charge on any atom is 0.407 e. The molecule has 0 spiro atoms. The second-order valence-corrected chi connectivity index (χ2v) is 8.70. The van der Waals surface area contributed by atoms with Crippen molar-refractivity contribution in [3.05, 3.63) is 59.7 Å². The Morgan fingerprint density at radius 3 is 2.21 bits per heavy atom. The first kappa shape index (κ1) is 23.7. The molecule has 2 aliphatic carbocycles. The summed E-state index contributed by atoms with van der Waals surface area (Å²) in [4.78, 5) is 35.9. The minimum atomic E-state index is -2.84. The number of rotatable bonds is 8. The maximum absolute atomic E-state index is 12.6. The van der Waals surface area contributed by atoms with Gasteiger partial charge in [0.25, 0.3) is 0 Å². The number of fused-ring (bicyclic) bond motifs is 3. The first-order valence-electron chi connectivity index (χ1n) is 11.3. The summed E-state index contributed by atoms with van der Waals surface area (Å²) in [5, 5.41) is 14.0. The molecule has 0 heterocycles. The number of aliphatic carboxylic acids is 1. The minimum Gasteiger partial charge on any atom is -0.480 e. The smallest absolute Gasteiger partial charge is 0.407 e. The normalized spacial score (nSPS) is 19.9. The van der Waals surface area contributed by atoms with Crippen molar-refractivity contribution in [2.75, 3.05) is 6.61 Å². The molecule has 0 aromatic heterocycles. The predicted octanol–water partition coefficient (Wildman–Crippen LogP) is 3.92. The number of carboxylic acid groups (broad SMARTS) is 1. The zero-order valence-electron chi connectivity index (χ0n) is 18.4. The van der Waals surface area contributed by atoms with E-state index < -0.39 is 42.8 Å². The molecular formula is C25H26F2N2O5. The van der Waals surface area contributed by atoms with Crippen molar-refractivity contribution in [2.45, 2.75) is 50.1 Å². The molecule has 2 aromatic carbocycles. The highest BCUT2D eigenvalue weighted by molar-refractivity contribution is 5.85. The molecule has 2 amide bonds. The first-order chi connectivity index (χ1) is 16.3. The van der Waals surface area contributed by atoms with Crippen molar-refractivity contribution < 1.29 is 33.0 Å². The number of amides is 2. The lowest BCUT2D eigenvalue weighted by molar-refractivity contribution is -0.143. The molecule has 0 bridgehead atoms. The third-order valence-corrected chi connectivity index (χ3v) is 6.50. The number of hydrogen-bond donors (Lipinski definition) is 3. The third-order valence-electron chi connectivity index (χ3n) is 6.50. The molecule has 180 valence electrons. The van der Waals surface area contributed by atoms with Gasteiger partial charge in [-0.05, 0) is 41.5 Å². The van der Waals surface area contributed by atoms with Crippen LogP contribution in [0.2, 0.25) is 0 Å². The molecule has 0 aliphatic heterocycles. The van der Waals surface area contributed by atoms with E-state index in [1.165, 1.54) is 0 Å². The Hall–Kier alpha value is -3.49. The highest BCUT2D eigenvalue weighted by Crippen LogP contribution is 2.44. The number of carbonyl (C=O) groups is 3. The summed E-state index contributed by atoms with van der Waals surface area (Å²) in [6.07, 6.45) is -3.16. The van der Waals surface area contributed by atoms with Gasteiger partial charge in [-0.25, -0.2) is 18.4 Å². The van der Waals surface area contributed by atoms with E-state index in [9.17, 15) is 23.2 Å². The van der Waals surface area contributed by atoms with E-state index in [1.807, 2.05) is 48.5 Å². The van der Waals surface area contributed by atoms with Crippen LogP contribution in [-0.4, -0.2) is 48.2 Å². The Morgan fingerprint density at radius 1 is 1.00 bits per heavy atom. The van der Waals surface area contributed by atoms with Gasteiger partial charge in [0.1, 0.15) is 12.6 Å². The summed E-state index contributed by atoms with van der Waals surface area (Å²) in [7, 11) is 0. The lowest BCUT2D eigenvalue weighted by Crippen LogP contribution is -2.44. The molecule has 2 aromatic rings. The van der Waals surface area contributed by atoms with E-state index in [0.29, 0.717) is 12.8 Å². The van der Waals surface area contributed by atoms with Gasteiger partial charge in [-0.2, -0.15) is 0 Å².